The molecule has 0 aliphatic heterocycles. The number of hydrogen-bond acceptors (Lipinski definition) is 3. The maximum absolute atomic E-state index is 5.66. The van der Waals surface area contributed by atoms with Crippen LogP contribution < -0.4 is 5.32 Å². The number of rotatable bonds is 7. The van der Waals surface area contributed by atoms with Crippen LogP contribution in [0.25, 0.3) is 0 Å². The van der Waals surface area contributed by atoms with E-state index in [9.17, 15) is 0 Å². The molecule has 0 bridgehead atoms. The minimum atomic E-state index is 0.467. The third-order valence-corrected chi connectivity index (χ3v) is 2.46. The molecule has 0 saturated carbocycles. The van der Waals surface area contributed by atoms with Crippen molar-refractivity contribution in [2.24, 2.45) is 0 Å². The second-order valence-corrected chi connectivity index (χ2v) is 4.41. The molecule has 3 nitrogen and oxygen atoms in total. The number of furan rings is 1. The summed E-state index contributed by atoms with van der Waals surface area (Å²) >= 11 is 0. The van der Waals surface area contributed by atoms with Gasteiger partial charge in [0.2, 0.25) is 0 Å². The van der Waals surface area contributed by atoms with E-state index >= 15 is 0 Å². The van der Waals surface area contributed by atoms with Crippen LogP contribution in [0.15, 0.2) is 22.6 Å². The van der Waals surface area contributed by atoms with Gasteiger partial charge in [-0.25, -0.2) is 0 Å². The van der Waals surface area contributed by atoms with E-state index in [4.69, 9.17) is 9.15 Å². The summed E-state index contributed by atoms with van der Waals surface area (Å²) in [4.78, 5) is 0. The molecular weight excluding hydrogens is 214 g/mol. The van der Waals surface area contributed by atoms with E-state index in [-0.39, 0.29) is 0 Å². The molecule has 0 aliphatic carbocycles. The monoisotopic (exact) mass is 237 g/mol. The Morgan fingerprint density at radius 3 is 2.88 bits per heavy atom. The first-order valence-electron chi connectivity index (χ1n) is 6.14. The highest BCUT2D eigenvalue weighted by molar-refractivity contribution is 5.20. The SMILES string of the molecule is CC=CCOCc1cc(CNC(C)C)oc1C. The zero-order valence-corrected chi connectivity index (χ0v) is 11.2. The van der Waals surface area contributed by atoms with Gasteiger partial charge in [-0.05, 0) is 19.9 Å². The van der Waals surface area contributed by atoms with E-state index in [1.54, 1.807) is 0 Å². The zero-order chi connectivity index (χ0) is 12.7. The van der Waals surface area contributed by atoms with Gasteiger partial charge in [0.15, 0.2) is 0 Å². The summed E-state index contributed by atoms with van der Waals surface area (Å²) in [7, 11) is 0. The minimum absolute atomic E-state index is 0.467. The van der Waals surface area contributed by atoms with E-state index in [1.807, 2.05) is 26.0 Å². The molecule has 1 heterocycles. The predicted molar refractivity (Wildman–Crippen MR) is 69.9 cm³/mol. The maximum Gasteiger partial charge on any atom is 0.118 e. The number of aryl methyl sites for hydroxylation is 1. The van der Waals surface area contributed by atoms with Crippen molar-refractivity contribution in [3.63, 3.8) is 0 Å². The highest BCUT2D eigenvalue weighted by Crippen LogP contribution is 2.15. The van der Waals surface area contributed by atoms with Crippen LogP contribution in [0.5, 0.6) is 0 Å². The smallest absolute Gasteiger partial charge is 0.118 e. The van der Waals surface area contributed by atoms with Crippen molar-refractivity contribution in [3.8, 4) is 0 Å². The molecule has 1 rings (SSSR count). The van der Waals surface area contributed by atoms with Crippen LogP contribution >= 0.6 is 0 Å². The Balaban J connectivity index is 2.44. The standard InChI is InChI=1S/C14H23NO2/c1-5-6-7-16-10-13-8-14(17-12(13)4)9-15-11(2)3/h5-6,8,11,15H,7,9-10H2,1-4H3. The van der Waals surface area contributed by atoms with Crippen molar-refractivity contribution in [3.05, 3.63) is 35.3 Å². The van der Waals surface area contributed by atoms with Crippen LogP contribution in [0, 0.1) is 6.92 Å². The molecule has 0 amide bonds. The van der Waals surface area contributed by atoms with Gasteiger partial charge in [-0.2, -0.15) is 0 Å². The minimum Gasteiger partial charge on any atom is -0.465 e. The van der Waals surface area contributed by atoms with Crippen LogP contribution in [0.2, 0.25) is 0 Å². The van der Waals surface area contributed by atoms with Crippen molar-refractivity contribution in [1.82, 2.24) is 5.32 Å². The van der Waals surface area contributed by atoms with E-state index in [2.05, 4.69) is 25.2 Å². The lowest BCUT2D eigenvalue weighted by Crippen LogP contribution is -2.21. The molecule has 1 aromatic heterocycles. The lowest BCUT2D eigenvalue weighted by molar-refractivity contribution is 0.147. The quantitative estimate of drug-likeness (QED) is 0.584. The fourth-order valence-electron chi connectivity index (χ4n) is 1.46. The van der Waals surface area contributed by atoms with Gasteiger partial charge < -0.3 is 14.5 Å². The van der Waals surface area contributed by atoms with Gasteiger partial charge in [0.1, 0.15) is 11.5 Å². The fourth-order valence-corrected chi connectivity index (χ4v) is 1.46. The van der Waals surface area contributed by atoms with Crippen molar-refractivity contribution in [1.29, 1.82) is 0 Å². The Morgan fingerprint density at radius 1 is 1.47 bits per heavy atom. The van der Waals surface area contributed by atoms with Crippen LogP contribution in [0.1, 0.15) is 37.9 Å². The maximum atomic E-state index is 5.66. The third kappa shape index (κ3) is 5.20. The molecular formula is C14H23NO2. The molecule has 0 saturated heterocycles. The average molecular weight is 237 g/mol. The topological polar surface area (TPSA) is 34.4 Å². The average Bonchev–Trinajstić information content (AvgIpc) is 2.63. The Bertz CT molecular complexity index is 353. The fraction of sp³-hybridized carbons (Fsp3) is 0.571. The summed E-state index contributed by atoms with van der Waals surface area (Å²) in [5.74, 6) is 1.92. The molecule has 0 atom stereocenters. The van der Waals surface area contributed by atoms with Gasteiger partial charge in [0.05, 0.1) is 19.8 Å². The molecule has 96 valence electrons. The Kier molecular flexibility index (Phi) is 6.01. The molecule has 3 heteroatoms. The van der Waals surface area contributed by atoms with E-state index in [0.29, 0.717) is 19.3 Å². The summed E-state index contributed by atoms with van der Waals surface area (Å²) in [6, 6.07) is 2.54. The third-order valence-electron chi connectivity index (χ3n) is 2.46. The van der Waals surface area contributed by atoms with Crippen LogP contribution in [0.4, 0.5) is 0 Å². The molecule has 0 aromatic carbocycles. The molecule has 0 radical (unpaired) electrons. The first kappa shape index (κ1) is 14.0. The normalized spacial score (nSPS) is 11.8. The number of ether oxygens (including phenoxy) is 1. The lowest BCUT2D eigenvalue weighted by atomic mass is 10.2. The summed E-state index contributed by atoms with van der Waals surface area (Å²) in [5.41, 5.74) is 1.13. The first-order valence-corrected chi connectivity index (χ1v) is 6.14. The van der Waals surface area contributed by atoms with Crippen molar-refractivity contribution in [2.75, 3.05) is 6.61 Å². The molecule has 0 spiro atoms. The Labute approximate surface area is 104 Å². The number of nitrogens with one attached hydrogen (secondary N) is 1. The van der Waals surface area contributed by atoms with Crippen molar-refractivity contribution in [2.45, 2.75) is 46.9 Å². The number of allylic oxidation sites excluding steroid dienone is 1. The van der Waals surface area contributed by atoms with Gasteiger partial charge in [-0.3, -0.25) is 0 Å². The first-order chi connectivity index (χ1) is 8.13. The Hall–Kier alpha value is -1.06. The highest BCUT2D eigenvalue weighted by atomic mass is 16.5. The largest absolute Gasteiger partial charge is 0.465 e. The van der Waals surface area contributed by atoms with Gasteiger partial charge >= 0.3 is 0 Å². The van der Waals surface area contributed by atoms with Crippen molar-refractivity contribution < 1.29 is 9.15 Å². The highest BCUT2D eigenvalue weighted by Gasteiger charge is 2.07. The molecule has 0 unspecified atom stereocenters. The van der Waals surface area contributed by atoms with Crippen LogP contribution in [0.3, 0.4) is 0 Å². The van der Waals surface area contributed by atoms with Gasteiger partial charge in [-0.15, -0.1) is 0 Å². The molecule has 0 aliphatic rings. The predicted octanol–water partition coefficient (Wildman–Crippen LogP) is 3.18. The second kappa shape index (κ2) is 7.30. The van der Waals surface area contributed by atoms with Gasteiger partial charge in [-0.1, -0.05) is 26.0 Å². The zero-order valence-electron chi connectivity index (χ0n) is 11.2. The summed E-state index contributed by atoms with van der Waals surface area (Å²) in [6.45, 7) is 10.2. The summed E-state index contributed by atoms with van der Waals surface area (Å²) in [6.07, 6.45) is 3.98. The van der Waals surface area contributed by atoms with Crippen molar-refractivity contribution >= 4 is 0 Å². The molecule has 1 N–H and O–H groups in total. The summed E-state index contributed by atoms with van der Waals surface area (Å²) < 4.78 is 11.2. The summed E-state index contributed by atoms with van der Waals surface area (Å²) in [5, 5.41) is 3.33. The Morgan fingerprint density at radius 2 is 2.24 bits per heavy atom. The van der Waals surface area contributed by atoms with E-state index < -0.39 is 0 Å². The molecule has 1 aromatic rings. The molecule has 0 fully saturated rings. The number of hydrogen-bond donors (Lipinski definition) is 1. The second-order valence-electron chi connectivity index (χ2n) is 4.41. The van der Waals surface area contributed by atoms with Crippen LogP contribution in [-0.2, 0) is 17.9 Å². The van der Waals surface area contributed by atoms with Gasteiger partial charge in [0.25, 0.3) is 0 Å². The van der Waals surface area contributed by atoms with Gasteiger partial charge in [0, 0.05) is 11.6 Å². The molecule has 17 heavy (non-hydrogen) atoms. The lowest BCUT2D eigenvalue weighted by Gasteiger charge is -2.04. The van der Waals surface area contributed by atoms with E-state index in [1.165, 1.54) is 0 Å². The van der Waals surface area contributed by atoms with Crippen LogP contribution in [-0.4, -0.2) is 12.6 Å². The van der Waals surface area contributed by atoms with E-state index in [0.717, 1.165) is 23.6 Å².